The Bertz CT molecular complexity index is 1210. The van der Waals surface area contributed by atoms with Gasteiger partial charge >= 0.3 is 0 Å². The normalized spacial score (nSPS) is 10.9. The van der Waals surface area contributed by atoms with Crippen molar-refractivity contribution in [2.75, 3.05) is 14.1 Å². The maximum Gasteiger partial charge on any atom is 0.261 e. The monoisotopic (exact) mass is 418 g/mol. The molecular weight excluding hydrogens is 396 g/mol. The van der Waals surface area contributed by atoms with Gasteiger partial charge in [-0.25, -0.2) is 4.68 Å². The van der Waals surface area contributed by atoms with Crippen molar-refractivity contribution in [1.82, 2.24) is 20.0 Å². The highest BCUT2D eigenvalue weighted by atomic mass is 32.1. The van der Waals surface area contributed by atoms with E-state index in [1.54, 1.807) is 26.2 Å². The summed E-state index contributed by atoms with van der Waals surface area (Å²) < 4.78 is 1.88. The molecule has 0 radical (unpaired) electrons. The Morgan fingerprint density at radius 3 is 2.43 bits per heavy atom. The molecule has 0 aliphatic heterocycles. The van der Waals surface area contributed by atoms with Gasteiger partial charge in [0.15, 0.2) is 0 Å². The molecule has 0 atom stereocenters. The first kappa shape index (κ1) is 19.8. The van der Waals surface area contributed by atoms with Gasteiger partial charge in [0.1, 0.15) is 4.83 Å². The van der Waals surface area contributed by atoms with Gasteiger partial charge in [-0.15, -0.1) is 11.3 Å². The number of carbonyl (C=O) groups is 2. The summed E-state index contributed by atoms with van der Waals surface area (Å²) in [7, 11) is 3.44. The fraction of sp³-hybridized carbons (Fsp3) is 0.174. The van der Waals surface area contributed by atoms with Crippen LogP contribution < -0.4 is 5.32 Å². The lowest BCUT2D eigenvalue weighted by Gasteiger charge is -2.10. The fourth-order valence-electron chi connectivity index (χ4n) is 3.20. The van der Waals surface area contributed by atoms with E-state index in [4.69, 9.17) is 0 Å². The largest absolute Gasteiger partial charge is 0.347 e. The Balaban J connectivity index is 1.49. The number of benzene rings is 2. The smallest absolute Gasteiger partial charge is 0.261 e. The summed E-state index contributed by atoms with van der Waals surface area (Å²) in [4.78, 5) is 27.8. The number of aromatic nitrogens is 2. The molecule has 6 nitrogen and oxygen atoms in total. The topological polar surface area (TPSA) is 67.2 Å². The van der Waals surface area contributed by atoms with Gasteiger partial charge in [-0.3, -0.25) is 9.59 Å². The summed E-state index contributed by atoms with van der Waals surface area (Å²) in [5, 5.41) is 8.56. The van der Waals surface area contributed by atoms with Gasteiger partial charge < -0.3 is 10.2 Å². The van der Waals surface area contributed by atoms with Crippen LogP contribution in [-0.2, 0) is 6.54 Å². The molecule has 1 N–H and O–H groups in total. The third-order valence-corrected chi connectivity index (χ3v) is 5.94. The number of aryl methyl sites for hydroxylation is 1. The number of hydrogen-bond donors (Lipinski definition) is 1. The highest BCUT2D eigenvalue weighted by Crippen LogP contribution is 2.30. The summed E-state index contributed by atoms with van der Waals surface area (Å²) in [6, 6.07) is 19.1. The van der Waals surface area contributed by atoms with Crippen molar-refractivity contribution in [3.05, 3.63) is 82.4 Å². The number of hydrogen-bond acceptors (Lipinski definition) is 4. The molecule has 0 saturated carbocycles. The number of amides is 2. The predicted octanol–water partition coefficient (Wildman–Crippen LogP) is 4.03. The minimum Gasteiger partial charge on any atom is -0.347 e. The first-order valence-electron chi connectivity index (χ1n) is 9.57. The average Bonchev–Trinajstić information content (AvgIpc) is 3.33. The van der Waals surface area contributed by atoms with Crippen molar-refractivity contribution in [3.8, 4) is 5.69 Å². The number of fused-ring (bicyclic) bond motifs is 1. The molecule has 2 aromatic carbocycles. The van der Waals surface area contributed by atoms with Crippen molar-refractivity contribution in [3.63, 3.8) is 0 Å². The van der Waals surface area contributed by atoms with Crippen LogP contribution in [-0.4, -0.2) is 40.6 Å². The van der Waals surface area contributed by atoms with Crippen LogP contribution in [0.2, 0.25) is 0 Å². The first-order valence-corrected chi connectivity index (χ1v) is 10.4. The molecule has 30 heavy (non-hydrogen) atoms. The van der Waals surface area contributed by atoms with Gasteiger partial charge in [0.2, 0.25) is 0 Å². The number of carbonyl (C=O) groups excluding carboxylic acids is 2. The van der Waals surface area contributed by atoms with Crippen LogP contribution in [0.15, 0.2) is 60.7 Å². The van der Waals surface area contributed by atoms with Crippen molar-refractivity contribution in [1.29, 1.82) is 0 Å². The average molecular weight is 419 g/mol. The highest BCUT2D eigenvalue weighted by molar-refractivity contribution is 7.20. The van der Waals surface area contributed by atoms with E-state index in [2.05, 4.69) is 10.4 Å². The standard InChI is InChI=1S/C23H22N4O2S/c1-15-19-13-20(30-23(19)27(25-15)18-7-5-4-6-8-18)21(28)24-14-16-9-11-17(12-10-16)22(29)26(2)3/h4-13H,14H2,1-3H3,(H,24,28). The molecule has 0 saturated heterocycles. The van der Waals surface area contributed by atoms with Crippen molar-refractivity contribution < 1.29 is 9.59 Å². The molecular formula is C23H22N4O2S. The molecule has 2 amide bonds. The quantitative estimate of drug-likeness (QED) is 0.532. The van der Waals surface area contributed by atoms with Gasteiger partial charge in [-0.1, -0.05) is 30.3 Å². The van der Waals surface area contributed by atoms with Gasteiger partial charge in [-0.2, -0.15) is 5.10 Å². The molecule has 0 fully saturated rings. The molecule has 0 aliphatic carbocycles. The van der Waals surface area contributed by atoms with Crippen LogP contribution in [0.4, 0.5) is 0 Å². The second kappa shape index (κ2) is 8.12. The molecule has 4 rings (SSSR count). The molecule has 7 heteroatoms. The molecule has 0 bridgehead atoms. The molecule has 0 spiro atoms. The van der Waals surface area contributed by atoms with E-state index in [1.165, 1.54) is 16.2 Å². The minimum absolute atomic E-state index is 0.0429. The Morgan fingerprint density at radius 2 is 1.77 bits per heavy atom. The Hall–Kier alpha value is -3.45. The van der Waals surface area contributed by atoms with E-state index in [0.717, 1.165) is 27.2 Å². The van der Waals surface area contributed by atoms with Crippen molar-refractivity contribution in [2.45, 2.75) is 13.5 Å². The SMILES string of the molecule is Cc1nn(-c2ccccc2)c2sc(C(=O)NCc3ccc(C(=O)N(C)C)cc3)cc12. The number of para-hydroxylation sites is 1. The Kier molecular flexibility index (Phi) is 5.37. The van der Waals surface area contributed by atoms with Gasteiger partial charge in [0.25, 0.3) is 11.8 Å². The van der Waals surface area contributed by atoms with Crippen molar-refractivity contribution in [2.24, 2.45) is 0 Å². The van der Waals surface area contributed by atoms with E-state index in [0.29, 0.717) is 17.0 Å². The van der Waals surface area contributed by atoms with Crippen LogP contribution in [0.25, 0.3) is 15.9 Å². The second-order valence-electron chi connectivity index (χ2n) is 7.24. The highest BCUT2D eigenvalue weighted by Gasteiger charge is 2.17. The minimum atomic E-state index is -0.122. The molecule has 0 unspecified atom stereocenters. The predicted molar refractivity (Wildman–Crippen MR) is 119 cm³/mol. The lowest BCUT2D eigenvalue weighted by Crippen LogP contribution is -2.23. The van der Waals surface area contributed by atoms with Crippen LogP contribution in [0.3, 0.4) is 0 Å². The third-order valence-electron chi connectivity index (χ3n) is 4.83. The number of rotatable bonds is 5. The summed E-state index contributed by atoms with van der Waals surface area (Å²) in [5.41, 5.74) is 3.43. The maximum absolute atomic E-state index is 12.7. The Morgan fingerprint density at radius 1 is 1.07 bits per heavy atom. The lowest BCUT2D eigenvalue weighted by molar-refractivity contribution is 0.0827. The zero-order chi connectivity index (χ0) is 21.3. The van der Waals surface area contributed by atoms with Gasteiger partial charge in [-0.05, 0) is 42.8 Å². The van der Waals surface area contributed by atoms with E-state index in [-0.39, 0.29) is 11.8 Å². The zero-order valence-corrected chi connectivity index (χ0v) is 17.9. The van der Waals surface area contributed by atoms with E-state index < -0.39 is 0 Å². The second-order valence-corrected chi connectivity index (χ2v) is 8.27. The first-order chi connectivity index (χ1) is 14.4. The van der Waals surface area contributed by atoms with Crippen LogP contribution in [0.5, 0.6) is 0 Å². The zero-order valence-electron chi connectivity index (χ0n) is 17.0. The maximum atomic E-state index is 12.7. The van der Waals surface area contributed by atoms with Crippen LogP contribution in [0, 0.1) is 6.92 Å². The molecule has 4 aromatic rings. The summed E-state index contributed by atoms with van der Waals surface area (Å²) in [6.45, 7) is 2.35. The third kappa shape index (κ3) is 3.84. The van der Waals surface area contributed by atoms with Crippen LogP contribution in [0.1, 0.15) is 31.3 Å². The van der Waals surface area contributed by atoms with E-state index in [1.807, 2.05) is 60.1 Å². The lowest BCUT2D eigenvalue weighted by atomic mass is 10.1. The molecule has 0 aliphatic rings. The number of nitrogens with zero attached hydrogens (tertiary/aromatic N) is 3. The molecule has 152 valence electrons. The summed E-state index contributed by atoms with van der Waals surface area (Å²) in [5.74, 6) is -0.164. The fourth-order valence-corrected chi connectivity index (χ4v) is 4.30. The van der Waals surface area contributed by atoms with Gasteiger partial charge in [0, 0.05) is 31.6 Å². The number of thiophene rings is 1. The van der Waals surface area contributed by atoms with Gasteiger partial charge in [0.05, 0.1) is 16.3 Å². The van der Waals surface area contributed by atoms with E-state index in [9.17, 15) is 9.59 Å². The summed E-state index contributed by atoms with van der Waals surface area (Å²) >= 11 is 1.43. The molecule has 2 aromatic heterocycles. The van der Waals surface area contributed by atoms with E-state index >= 15 is 0 Å². The summed E-state index contributed by atoms with van der Waals surface area (Å²) in [6.07, 6.45) is 0. The Labute approximate surface area is 178 Å². The van der Waals surface area contributed by atoms with Crippen molar-refractivity contribution >= 4 is 33.4 Å². The van der Waals surface area contributed by atoms with Crippen LogP contribution >= 0.6 is 11.3 Å². The molecule has 2 heterocycles. The number of nitrogens with one attached hydrogen (secondary N) is 1.